The molecule has 4 nitrogen and oxygen atoms in total. The van der Waals surface area contributed by atoms with Gasteiger partial charge >= 0.3 is 0 Å². The highest BCUT2D eigenvalue weighted by Gasteiger charge is 2.32. The van der Waals surface area contributed by atoms with Crippen LogP contribution in [0.4, 0.5) is 0 Å². The third-order valence-corrected chi connectivity index (χ3v) is 4.91. The van der Waals surface area contributed by atoms with Crippen LogP contribution in [0.2, 0.25) is 0 Å². The molecule has 2 unspecified atom stereocenters. The Kier molecular flexibility index (Phi) is 11.4. The summed E-state index contributed by atoms with van der Waals surface area (Å²) >= 11 is 0. The molecular weight excluding hydrogens is 357 g/mol. The third kappa shape index (κ3) is 7.14. The van der Waals surface area contributed by atoms with Gasteiger partial charge in [0.05, 0.1) is 6.04 Å². The van der Waals surface area contributed by atoms with E-state index in [4.69, 9.17) is 5.73 Å². The third-order valence-electron chi connectivity index (χ3n) is 4.91. The van der Waals surface area contributed by atoms with Crippen molar-refractivity contribution in [2.24, 2.45) is 11.7 Å². The normalized spacial score (nSPS) is 18.4. The lowest BCUT2D eigenvalue weighted by molar-refractivity contribution is -0.134. The van der Waals surface area contributed by atoms with Gasteiger partial charge in [0.2, 0.25) is 5.91 Å². The van der Waals surface area contributed by atoms with E-state index >= 15 is 0 Å². The standard InChI is InChI=1S/C19H31N3O.2ClH/c1-15(2)17(20)11-13-21(3)19(23)18-10-7-12-22(18)14-16-8-5-4-6-9-16;;/h4-6,8-9,15,17-18H,7,10-14,20H2,1-3H3;2*1H. The smallest absolute Gasteiger partial charge is 0.239 e. The molecule has 2 atom stereocenters. The molecule has 1 aliphatic rings. The first-order valence-corrected chi connectivity index (χ1v) is 8.77. The maximum atomic E-state index is 12.8. The number of likely N-dealkylation sites (N-methyl/N-ethyl adjacent to an activating group) is 1. The van der Waals surface area contributed by atoms with E-state index in [9.17, 15) is 4.79 Å². The Balaban J connectivity index is 0.00000288. The van der Waals surface area contributed by atoms with Crippen molar-refractivity contribution < 1.29 is 4.79 Å². The second-order valence-corrected chi connectivity index (χ2v) is 7.07. The summed E-state index contributed by atoms with van der Waals surface area (Å²) in [5.41, 5.74) is 7.37. The topological polar surface area (TPSA) is 49.6 Å². The zero-order valence-corrected chi connectivity index (χ0v) is 17.2. The summed E-state index contributed by atoms with van der Waals surface area (Å²) in [6.07, 6.45) is 2.93. The van der Waals surface area contributed by atoms with Crippen LogP contribution in [0.5, 0.6) is 0 Å². The zero-order chi connectivity index (χ0) is 16.8. The van der Waals surface area contributed by atoms with Gasteiger partial charge in [-0.15, -0.1) is 24.8 Å². The van der Waals surface area contributed by atoms with E-state index in [1.54, 1.807) is 0 Å². The highest BCUT2D eigenvalue weighted by atomic mass is 35.5. The van der Waals surface area contributed by atoms with Crippen molar-refractivity contribution in [1.29, 1.82) is 0 Å². The van der Waals surface area contributed by atoms with Gasteiger partial charge in [-0.1, -0.05) is 44.2 Å². The number of hydrogen-bond acceptors (Lipinski definition) is 3. The molecule has 144 valence electrons. The predicted octanol–water partition coefficient (Wildman–Crippen LogP) is 3.33. The van der Waals surface area contributed by atoms with Crippen LogP contribution < -0.4 is 5.73 Å². The Morgan fingerprint density at radius 3 is 2.52 bits per heavy atom. The molecule has 0 radical (unpaired) electrons. The van der Waals surface area contributed by atoms with Crippen molar-refractivity contribution in [3.63, 3.8) is 0 Å². The first-order valence-electron chi connectivity index (χ1n) is 8.77. The minimum Gasteiger partial charge on any atom is -0.344 e. The largest absolute Gasteiger partial charge is 0.344 e. The second kappa shape index (κ2) is 11.7. The molecule has 0 saturated carbocycles. The maximum Gasteiger partial charge on any atom is 0.239 e. The van der Waals surface area contributed by atoms with Crippen molar-refractivity contribution in [2.45, 2.75) is 51.7 Å². The number of carbonyl (C=O) groups is 1. The van der Waals surface area contributed by atoms with Crippen LogP contribution in [-0.2, 0) is 11.3 Å². The average Bonchev–Trinajstić information content (AvgIpc) is 3.00. The lowest BCUT2D eigenvalue weighted by Gasteiger charge is -2.29. The maximum absolute atomic E-state index is 12.8. The number of hydrogen-bond donors (Lipinski definition) is 1. The zero-order valence-electron chi connectivity index (χ0n) is 15.6. The first-order chi connectivity index (χ1) is 11.0. The first kappa shape index (κ1) is 24.2. The summed E-state index contributed by atoms with van der Waals surface area (Å²) in [5, 5.41) is 0. The van der Waals surface area contributed by atoms with Gasteiger partial charge in [-0.2, -0.15) is 0 Å². The van der Waals surface area contributed by atoms with Crippen LogP contribution in [0.15, 0.2) is 30.3 Å². The molecule has 1 fully saturated rings. The molecule has 1 aromatic rings. The van der Waals surface area contributed by atoms with Crippen molar-refractivity contribution >= 4 is 30.7 Å². The van der Waals surface area contributed by atoms with Crippen molar-refractivity contribution in [3.8, 4) is 0 Å². The molecular formula is C19H33Cl2N3O. The Morgan fingerprint density at radius 2 is 1.92 bits per heavy atom. The molecule has 6 heteroatoms. The summed E-state index contributed by atoms with van der Waals surface area (Å²) in [6.45, 7) is 6.87. The van der Waals surface area contributed by atoms with Gasteiger partial charge in [0.25, 0.3) is 0 Å². The van der Waals surface area contributed by atoms with E-state index in [-0.39, 0.29) is 42.8 Å². The molecule has 25 heavy (non-hydrogen) atoms. The number of carbonyl (C=O) groups excluding carboxylic acids is 1. The predicted molar refractivity (Wildman–Crippen MR) is 109 cm³/mol. The molecule has 0 aromatic heterocycles. The van der Waals surface area contributed by atoms with Crippen LogP contribution in [0, 0.1) is 5.92 Å². The van der Waals surface area contributed by atoms with Crippen molar-refractivity contribution in [1.82, 2.24) is 9.80 Å². The monoisotopic (exact) mass is 389 g/mol. The highest BCUT2D eigenvalue weighted by Crippen LogP contribution is 2.21. The SMILES string of the molecule is CC(C)C(N)CCN(C)C(=O)C1CCCN1Cc1ccccc1.Cl.Cl. The van der Waals surface area contributed by atoms with Crippen LogP contribution >= 0.6 is 24.8 Å². The summed E-state index contributed by atoms with van der Waals surface area (Å²) in [4.78, 5) is 17.0. The van der Waals surface area contributed by atoms with Gasteiger partial charge in [-0.3, -0.25) is 9.69 Å². The summed E-state index contributed by atoms with van der Waals surface area (Å²) in [5.74, 6) is 0.703. The van der Waals surface area contributed by atoms with Gasteiger partial charge in [0, 0.05) is 26.2 Å². The summed E-state index contributed by atoms with van der Waals surface area (Å²) < 4.78 is 0. The number of halogens is 2. The highest BCUT2D eigenvalue weighted by molar-refractivity contribution is 5.85. The van der Waals surface area contributed by atoms with Gasteiger partial charge in [0.1, 0.15) is 0 Å². The Hall–Kier alpha value is -0.810. The van der Waals surface area contributed by atoms with Gasteiger partial charge in [-0.25, -0.2) is 0 Å². The van der Waals surface area contributed by atoms with Gasteiger partial charge in [0.15, 0.2) is 0 Å². The second-order valence-electron chi connectivity index (χ2n) is 7.07. The number of rotatable bonds is 7. The molecule has 1 aromatic carbocycles. The van der Waals surface area contributed by atoms with Crippen LogP contribution in [0.3, 0.4) is 0 Å². The van der Waals surface area contributed by atoms with Gasteiger partial charge in [-0.05, 0) is 37.3 Å². The lowest BCUT2D eigenvalue weighted by Crippen LogP contribution is -2.45. The fourth-order valence-corrected chi connectivity index (χ4v) is 3.15. The molecule has 0 spiro atoms. The number of amides is 1. The van der Waals surface area contributed by atoms with E-state index in [2.05, 4.69) is 43.0 Å². The van der Waals surface area contributed by atoms with Crippen LogP contribution in [-0.4, -0.2) is 47.9 Å². The minimum absolute atomic E-state index is 0. The molecule has 2 rings (SSSR count). The summed E-state index contributed by atoms with van der Waals surface area (Å²) in [7, 11) is 1.91. The van der Waals surface area contributed by atoms with E-state index in [0.717, 1.165) is 38.9 Å². The van der Waals surface area contributed by atoms with Crippen LogP contribution in [0.1, 0.15) is 38.7 Å². The fourth-order valence-electron chi connectivity index (χ4n) is 3.15. The molecule has 0 aliphatic carbocycles. The van der Waals surface area contributed by atoms with Crippen LogP contribution in [0.25, 0.3) is 0 Å². The van der Waals surface area contributed by atoms with Crippen molar-refractivity contribution in [2.75, 3.05) is 20.1 Å². The molecule has 1 heterocycles. The number of nitrogens with zero attached hydrogens (tertiary/aromatic N) is 2. The quantitative estimate of drug-likeness (QED) is 0.777. The Morgan fingerprint density at radius 1 is 1.28 bits per heavy atom. The van der Waals surface area contributed by atoms with Crippen molar-refractivity contribution in [3.05, 3.63) is 35.9 Å². The molecule has 1 saturated heterocycles. The average molecular weight is 390 g/mol. The van der Waals surface area contributed by atoms with E-state index in [1.165, 1.54) is 5.56 Å². The van der Waals surface area contributed by atoms with E-state index in [1.807, 2.05) is 18.0 Å². The number of benzene rings is 1. The Labute approximate surface area is 164 Å². The summed E-state index contributed by atoms with van der Waals surface area (Å²) in [6, 6.07) is 10.6. The molecule has 0 bridgehead atoms. The number of nitrogens with two attached hydrogens (primary N) is 1. The lowest BCUT2D eigenvalue weighted by atomic mass is 10.0. The molecule has 1 amide bonds. The number of likely N-dealkylation sites (tertiary alicyclic amines) is 1. The van der Waals surface area contributed by atoms with E-state index < -0.39 is 0 Å². The minimum atomic E-state index is 0. The van der Waals surface area contributed by atoms with Gasteiger partial charge < -0.3 is 10.6 Å². The van der Waals surface area contributed by atoms with E-state index in [0.29, 0.717) is 5.92 Å². The molecule has 1 aliphatic heterocycles. The molecule has 2 N–H and O–H groups in total. The Bertz CT molecular complexity index is 499. The fraction of sp³-hybridized carbons (Fsp3) is 0.632.